The second kappa shape index (κ2) is 5.00. The van der Waals surface area contributed by atoms with E-state index < -0.39 is 6.10 Å². The summed E-state index contributed by atoms with van der Waals surface area (Å²) < 4.78 is 0. The van der Waals surface area contributed by atoms with Crippen LogP contribution < -0.4 is 0 Å². The van der Waals surface area contributed by atoms with Crippen LogP contribution in [0.4, 0.5) is 0 Å². The van der Waals surface area contributed by atoms with Gasteiger partial charge in [0.25, 0.3) is 0 Å². The Bertz CT molecular complexity index is 258. The summed E-state index contributed by atoms with van der Waals surface area (Å²) in [7, 11) is 0. The normalized spacial score (nSPS) is 12.8. The lowest BCUT2D eigenvalue weighted by Gasteiger charge is -2.08. The van der Waals surface area contributed by atoms with Crippen molar-refractivity contribution in [2.45, 2.75) is 25.9 Å². The molecule has 2 N–H and O–H groups in total. The second-order valence-corrected chi connectivity index (χ2v) is 3.30. The summed E-state index contributed by atoms with van der Waals surface area (Å²) in [4.78, 5) is 0. The fraction of sp³-hybridized carbons (Fsp3) is 0.455. The average Bonchev–Trinajstić information content (AvgIpc) is 2.16. The van der Waals surface area contributed by atoms with Gasteiger partial charge in [0, 0.05) is 0 Å². The maximum absolute atomic E-state index is 9.16. The molecule has 1 atom stereocenters. The minimum absolute atomic E-state index is 0.147. The van der Waals surface area contributed by atoms with Crippen LogP contribution in [0.2, 0.25) is 0 Å². The van der Waals surface area contributed by atoms with E-state index in [4.69, 9.17) is 10.2 Å². The van der Waals surface area contributed by atoms with Crippen molar-refractivity contribution < 1.29 is 10.2 Å². The van der Waals surface area contributed by atoms with Gasteiger partial charge in [-0.15, -0.1) is 0 Å². The number of rotatable bonds is 4. The molecule has 2 heteroatoms. The van der Waals surface area contributed by atoms with Gasteiger partial charge in [0.05, 0.1) is 12.7 Å². The Morgan fingerprint density at radius 1 is 1.31 bits per heavy atom. The molecule has 1 aromatic rings. The fourth-order valence-corrected chi connectivity index (χ4v) is 1.30. The molecule has 0 aliphatic carbocycles. The molecule has 0 bridgehead atoms. The van der Waals surface area contributed by atoms with Crippen LogP contribution in [0.15, 0.2) is 24.3 Å². The minimum atomic E-state index is -0.584. The van der Waals surface area contributed by atoms with E-state index in [1.165, 1.54) is 11.1 Å². The largest absolute Gasteiger partial charge is 0.394 e. The Morgan fingerprint density at radius 3 is 2.62 bits per heavy atom. The Balaban J connectivity index is 2.50. The van der Waals surface area contributed by atoms with Gasteiger partial charge in [-0.1, -0.05) is 24.3 Å². The fourth-order valence-electron chi connectivity index (χ4n) is 1.30. The van der Waals surface area contributed by atoms with Gasteiger partial charge in [-0.3, -0.25) is 0 Å². The van der Waals surface area contributed by atoms with E-state index in [1.807, 2.05) is 12.1 Å². The zero-order chi connectivity index (χ0) is 9.68. The van der Waals surface area contributed by atoms with Crippen molar-refractivity contribution >= 4 is 0 Å². The molecule has 0 saturated heterocycles. The second-order valence-electron chi connectivity index (χ2n) is 3.30. The number of hydrogen-bond acceptors (Lipinski definition) is 2. The number of aliphatic hydroxyl groups is 2. The number of aliphatic hydroxyl groups excluding tert-OH is 2. The molecule has 72 valence electrons. The molecule has 0 amide bonds. The van der Waals surface area contributed by atoms with Crippen molar-refractivity contribution in [3.05, 3.63) is 35.4 Å². The van der Waals surface area contributed by atoms with Gasteiger partial charge in [0.2, 0.25) is 0 Å². The van der Waals surface area contributed by atoms with E-state index in [0.717, 1.165) is 6.42 Å². The predicted molar refractivity (Wildman–Crippen MR) is 52.6 cm³/mol. The predicted octanol–water partition coefficient (Wildman–Crippen LogP) is 1.28. The van der Waals surface area contributed by atoms with Gasteiger partial charge in [0.15, 0.2) is 0 Å². The summed E-state index contributed by atoms with van der Waals surface area (Å²) in [5, 5.41) is 17.8. The molecule has 0 unspecified atom stereocenters. The molecule has 0 aliphatic rings. The monoisotopic (exact) mass is 180 g/mol. The summed E-state index contributed by atoms with van der Waals surface area (Å²) in [6.45, 7) is 1.91. The Hall–Kier alpha value is -0.860. The van der Waals surface area contributed by atoms with Gasteiger partial charge >= 0.3 is 0 Å². The maximum atomic E-state index is 9.16. The third kappa shape index (κ3) is 3.17. The summed E-state index contributed by atoms with van der Waals surface area (Å²) in [6.07, 6.45) is 0.870. The molecular weight excluding hydrogens is 164 g/mol. The Morgan fingerprint density at radius 2 is 2.00 bits per heavy atom. The van der Waals surface area contributed by atoms with Gasteiger partial charge in [-0.25, -0.2) is 0 Å². The van der Waals surface area contributed by atoms with Crippen LogP contribution in [0.1, 0.15) is 17.5 Å². The molecule has 2 nitrogen and oxygen atoms in total. The van der Waals surface area contributed by atoms with Crippen LogP contribution >= 0.6 is 0 Å². The average molecular weight is 180 g/mol. The molecule has 0 radical (unpaired) electrons. The SMILES string of the molecule is Cc1ccccc1CC[C@H](O)CO. The van der Waals surface area contributed by atoms with E-state index in [9.17, 15) is 0 Å². The van der Waals surface area contributed by atoms with Crippen LogP contribution in [0.3, 0.4) is 0 Å². The third-order valence-electron chi connectivity index (χ3n) is 2.22. The van der Waals surface area contributed by atoms with E-state index in [0.29, 0.717) is 6.42 Å². The first-order valence-electron chi connectivity index (χ1n) is 4.57. The molecule has 0 heterocycles. The van der Waals surface area contributed by atoms with Crippen molar-refractivity contribution in [1.82, 2.24) is 0 Å². The highest BCUT2D eigenvalue weighted by Crippen LogP contribution is 2.10. The van der Waals surface area contributed by atoms with Crippen LogP contribution in [0.5, 0.6) is 0 Å². The van der Waals surface area contributed by atoms with E-state index in [-0.39, 0.29) is 6.61 Å². The van der Waals surface area contributed by atoms with Gasteiger partial charge in [-0.05, 0) is 30.9 Å². The third-order valence-corrected chi connectivity index (χ3v) is 2.22. The van der Waals surface area contributed by atoms with Crippen molar-refractivity contribution in [2.24, 2.45) is 0 Å². The molecule has 0 aromatic heterocycles. The number of aryl methyl sites for hydroxylation is 2. The first kappa shape index (κ1) is 10.2. The van der Waals surface area contributed by atoms with Crippen LogP contribution in [0, 0.1) is 6.92 Å². The summed E-state index contributed by atoms with van der Waals surface area (Å²) in [6, 6.07) is 8.11. The molecule has 0 aliphatic heterocycles. The molecule has 0 spiro atoms. The smallest absolute Gasteiger partial charge is 0.0774 e. The van der Waals surface area contributed by atoms with Crippen molar-refractivity contribution in [1.29, 1.82) is 0 Å². The zero-order valence-corrected chi connectivity index (χ0v) is 7.90. The van der Waals surface area contributed by atoms with Gasteiger partial charge in [0.1, 0.15) is 0 Å². The summed E-state index contributed by atoms with van der Waals surface area (Å²) in [5.41, 5.74) is 2.49. The lowest BCUT2D eigenvalue weighted by atomic mass is 10.0. The van der Waals surface area contributed by atoms with Gasteiger partial charge < -0.3 is 10.2 Å². The van der Waals surface area contributed by atoms with Crippen molar-refractivity contribution in [2.75, 3.05) is 6.61 Å². The highest BCUT2D eigenvalue weighted by Gasteiger charge is 2.03. The quantitative estimate of drug-likeness (QED) is 0.732. The number of hydrogen-bond donors (Lipinski definition) is 2. The first-order chi connectivity index (χ1) is 6.24. The van der Waals surface area contributed by atoms with Crippen molar-refractivity contribution in [3.63, 3.8) is 0 Å². The standard InChI is InChI=1S/C11H16O2/c1-9-4-2-3-5-10(9)6-7-11(13)8-12/h2-5,11-13H,6-8H2,1H3/t11-/m0/s1. The highest BCUT2D eigenvalue weighted by molar-refractivity contribution is 5.25. The molecule has 0 fully saturated rings. The zero-order valence-electron chi connectivity index (χ0n) is 7.90. The lowest BCUT2D eigenvalue weighted by Crippen LogP contribution is -2.12. The lowest BCUT2D eigenvalue weighted by molar-refractivity contribution is 0.0885. The molecule has 1 rings (SSSR count). The molecule has 0 saturated carbocycles. The highest BCUT2D eigenvalue weighted by atomic mass is 16.3. The molecule has 13 heavy (non-hydrogen) atoms. The van der Waals surface area contributed by atoms with Crippen LogP contribution in [-0.2, 0) is 6.42 Å². The maximum Gasteiger partial charge on any atom is 0.0774 e. The molecule has 1 aromatic carbocycles. The topological polar surface area (TPSA) is 40.5 Å². The van der Waals surface area contributed by atoms with Crippen LogP contribution in [-0.4, -0.2) is 22.9 Å². The first-order valence-corrected chi connectivity index (χ1v) is 4.57. The minimum Gasteiger partial charge on any atom is -0.394 e. The number of benzene rings is 1. The summed E-state index contributed by atoms with van der Waals surface area (Å²) >= 11 is 0. The van der Waals surface area contributed by atoms with E-state index >= 15 is 0 Å². The van der Waals surface area contributed by atoms with Gasteiger partial charge in [-0.2, -0.15) is 0 Å². The Labute approximate surface area is 78.8 Å². The van der Waals surface area contributed by atoms with E-state index in [2.05, 4.69) is 19.1 Å². The van der Waals surface area contributed by atoms with Crippen LogP contribution in [0.25, 0.3) is 0 Å². The van der Waals surface area contributed by atoms with E-state index in [1.54, 1.807) is 0 Å². The molecular formula is C11H16O2. The van der Waals surface area contributed by atoms with Crippen molar-refractivity contribution in [3.8, 4) is 0 Å². The Kier molecular flexibility index (Phi) is 3.93. The summed E-state index contributed by atoms with van der Waals surface area (Å²) in [5.74, 6) is 0.